The average Bonchev–Trinajstić information content (AvgIpc) is 3.70. The fraction of sp³-hybridized carbons (Fsp3) is 0.303. The second-order valence-corrected chi connectivity index (χ2v) is 11.7. The largest absolute Gasteiger partial charge is 0.295 e. The summed E-state index contributed by atoms with van der Waals surface area (Å²) in [5, 5.41) is 7.21. The summed E-state index contributed by atoms with van der Waals surface area (Å²) in [6, 6.07) is 12.1. The first-order chi connectivity index (χ1) is 20.9. The maximum absolute atomic E-state index is 13.1. The first-order valence-electron chi connectivity index (χ1n) is 14.6. The molecule has 212 valence electrons. The predicted octanol–water partition coefficient (Wildman–Crippen LogP) is 3.77. The van der Waals surface area contributed by atoms with E-state index in [1.165, 1.54) is 0 Å². The van der Waals surface area contributed by atoms with Crippen LogP contribution in [-0.2, 0) is 9.59 Å². The molecular formula is C33H26N6O4. The lowest BCUT2D eigenvalue weighted by molar-refractivity contribution is -0.136. The molecule has 4 aliphatic rings. The summed E-state index contributed by atoms with van der Waals surface area (Å²) < 4.78 is 2.07. The van der Waals surface area contributed by atoms with Crippen molar-refractivity contribution < 1.29 is 19.2 Å². The van der Waals surface area contributed by atoms with Crippen LogP contribution in [0.1, 0.15) is 82.5 Å². The van der Waals surface area contributed by atoms with E-state index in [0.29, 0.717) is 11.5 Å². The van der Waals surface area contributed by atoms with E-state index in [2.05, 4.69) is 33.0 Å². The van der Waals surface area contributed by atoms with Gasteiger partial charge in [0.2, 0.25) is 11.8 Å². The smallest absolute Gasteiger partial charge is 0.262 e. The van der Waals surface area contributed by atoms with E-state index in [-0.39, 0.29) is 35.9 Å². The van der Waals surface area contributed by atoms with Gasteiger partial charge in [0.15, 0.2) is 0 Å². The number of fused-ring (bicyclic) bond motifs is 2. The zero-order chi connectivity index (χ0) is 29.2. The van der Waals surface area contributed by atoms with Crippen molar-refractivity contribution in [2.45, 2.75) is 56.5 Å². The zero-order valence-corrected chi connectivity index (χ0v) is 23.1. The second-order valence-electron chi connectivity index (χ2n) is 11.7. The van der Waals surface area contributed by atoms with Gasteiger partial charge in [0, 0.05) is 35.6 Å². The minimum Gasteiger partial charge on any atom is -0.295 e. The number of rotatable bonds is 4. The van der Waals surface area contributed by atoms with Gasteiger partial charge in [-0.2, -0.15) is 5.10 Å². The number of para-hydroxylation sites is 2. The first-order valence-corrected chi connectivity index (χ1v) is 14.6. The van der Waals surface area contributed by atoms with E-state index in [9.17, 15) is 19.2 Å². The molecule has 0 spiro atoms. The summed E-state index contributed by atoms with van der Waals surface area (Å²) in [5.74, 6) is 5.09. The molecule has 10 heteroatoms. The lowest BCUT2D eigenvalue weighted by Crippen LogP contribution is -2.54. The van der Waals surface area contributed by atoms with Crippen molar-refractivity contribution in [1.82, 2.24) is 30.0 Å². The van der Waals surface area contributed by atoms with Gasteiger partial charge in [-0.1, -0.05) is 24.0 Å². The van der Waals surface area contributed by atoms with E-state index in [1.54, 1.807) is 18.2 Å². The van der Waals surface area contributed by atoms with Crippen LogP contribution < -0.4 is 5.32 Å². The Hall–Kier alpha value is -5.17. The van der Waals surface area contributed by atoms with Crippen molar-refractivity contribution in [3.05, 3.63) is 77.2 Å². The van der Waals surface area contributed by atoms with Gasteiger partial charge in [-0.3, -0.25) is 39.1 Å². The Labute approximate surface area is 246 Å². The maximum atomic E-state index is 13.1. The summed E-state index contributed by atoms with van der Waals surface area (Å²) >= 11 is 0. The van der Waals surface area contributed by atoms with Gasteiger partial charge in [-0.25, -0.2) is 4.98 Å². The SMILES string of the molecule is O=C1CCC(N2C(=O)c3ccc(C#C[C@H]4C[C@H](n5cc(-c6cnc7ccccc7n6)c(C6CC6)n5)C4)cc3C2=O)C(=O)N1. The predicted molar refractivity (Wildman–Crippen MR) is 154 cm³/mol. The topological polar surface area (TPSA) is 127 Å². The molecule has 2 aliphatic carbocycles. The molecule has 4 heterocycles. The molecule has 10 nitrogen and oxygen atoms in total. The van der Waals surface area contributed by atoms with Crippen LogP contribution in [-0.4, -0.2) is 54.3 Å². The minimum atomic E-state index is -0.983. The van der Waals surface area contributed by atoms with Gasteiger partial charge in [-0.15, -0.1) is 0 Å². The standard InChI is InChI=1S/C33H26N6O4/c40-29-12-11-28(31(41)36-29)39-32(42)22-10-7-18(15-23(22)33(39)43)5-6-19-13-21(14-19)38-17-24(30(37-38)20-8-9-20)27-16-34-25-3-1-2-4-26(25)35-27/h1-4,7,10,15-17,19-21,28H,8-9,11-14H2,(H,36,40,41)/t19-,21-,28?. The molecule has 8 rings (SSSR count). The second kappa shape index (κ2) is 9.70. The molecule has 0 radical (unpaired) electrons. The Kier molecular flexibility index (Phi) is 5.76. The van der Waals surface area contributed by atoms with E-state index in [0.717, 1.165) is 58.6 Å². The zero-order valence-electron chi connectivity index (χ0n) is 23.1. The molecule has 2 aliphatic heterocycles. The molecule has 4 aromatic rings. The van der Waals surface area contributed by atoms with Gasteiger partial charge < -0.3 is 0 Å². The molecule has 2 saturated carbocycles. The third kappa shape index (κ3) is 4.39. The highest BCUT2D eigenvalue weighted by Gasteiger charge is 2.44. The third-order valence-electron chi connectivity index (χ3n) is 8.80. The number of benzene rings is 2. The maximum Gasteiger partial charge on any atom is 0.262 e. The van der Waals surface area contributed by atoms with E-state index in [1.807, 2.05) is 30.5 Å². The molecule has 2 aromatic heterocycles. The van der Waals surface area contributed by atoms with Crippen molar-refractivity contribution in [3.8, 4) is 23.1 Å². The summed E-state index contributed by atoms with van der Waals surface area (Å²) in [6.07, 6.45) is 8.18. The van der Waals surface area contributed by atoms with E-state index in [4.69, 9.17) is 10.1 Å². The fourth-order valence-corrected chi connectivity index (χ4v) is 6.19. The quantitative estimate of drug-likeness (QED) is 0.292. The van der Waals surface area contributed by atoms with Crippen molar-refractivity contribution in [1.29, 1.82) is 0 Å². The molecular weight excluding hydrogens is 544 g/mol. The Morgan fingerprint density at radius 3 is 2.47 bits per heavy atom. The summed E-state index contributed by atoms with van der Waals surface area (Å²) in [5.41, 5.74) is 5.88. The molecule has 0 bridgehead atoms. The van der Waals surface area contributed by atoms with Crippen LogP contribution in [0.15, 0.2) is 54.9 Å². The highest BCUT2D eigenvalue weighted by atomic mass is 16.2. The molecule has 3 fully saturated rings. The van der Waals surface area contributed by atoms with Crippen LogP contribution in [0.3, 0.4) is 0 Å². The number of piperidine rings is 1. The van der Waals surface area contributed by atoms with Gasteiger partial charge in [0.1, 0.15) is 6.04 Å². The van der Waals surface area contributed by atoms with E-state index < -0.39 is 29.7 Å². The number of aromatic nitrogens is 4. The highest BCUT2D eigenvalue weighted by molar-refractivity contribution is 6.23. The minimum absolute atomic E-state index is 0.0855. The summed E-state index contributed by atoms with van der Waals surface area (Å²) in [7, 11) is 0. The van der Waals surface area contributed by atoms with Gasteiger partial charge >= 0.3 is 0 Å². The Morgan fingerprint density at radius 1 is 0.884 bits per heavy atom. The van der Waals surface area contributed by atoms with Crippen molar-refractivity contribution in [2.24, 2.45) is 5.92 Å². The highest BCUT2D eigenvalue weighted by Crippen LogP contribution is 2.45. The normalized spacial score (nSPS) is 23.1. The van der Waals surface area contributed by atoms with Gasteiger partial charge in [0.05, 0.1) is 45.8 Å². The molecule has 43 heavy (non-hydrogen) atoms. The number of carbonyl (C=O) groups excluding carboxylic acids is 4. The van der Waals surface area contributed by atoms with Crippen molar-refractivity contribution >= 4 is 34.7 Å². The Morgan fingerprint density at radius 2 is 1.67 bits per heavy atom. The van der Waals surface area contributed by atoms with Crippen LogP contribution in [0.25, 0.3) is 22.3 Å². The number of carbonyl (C=O) groups is 4. The van der Waals surface area contributed by atoms with Crippen LogP contribution in [0.2, 0.25) is 0 Å². The Bertz CT molecular complexity index is 1940. The summed E-state index contributed by atoms with van der Waals surface area (Å²) in [6.45, 7) is 0. The number of hydrogen-bond donors (Lipinski definition) is 1. The number of nitrogens with one attached hydrogen (secondary N) is 1. The molecule has 2 aromatic carbocycles. The fourth-order valence-electron chi connectivity index (χ4n) is 6.19. The summed E-state index contributed by atoms with van der Waals surface area (Å²) in [4.78, 5) is 60.3. The molecule has 1 unspecified atom stereocenters. The lowest BCUT2D eigenvalue weighted by Gasteiger charge is -2.32. The van der Waals surface area contributed by atoms with Crippen LogP contribution >= 0.6 is 0 Å². The lowest BCUT2D eigenvalue weighted by atomic mass is 9.80. The molecule has 4 amide bonds. The monoisotopic (exact) mass is 570 g/mol. The van der Waals surface area contributed by atoms with Crippen LogP contribution in [0.4, 0.5) is 0 Å². The number of hydrogen-bond acceptors (Lipinski definition) is 7. The number of amides is 4. The molecule has 1 N–H and O–H groups in total. The first kappa shape index (κ1) is 25.5. The van der Waals surface area contributed by atoms with Crippen LogP contribution in [0, 0.1) is 17.8 Å². The number of nitrogens with zero attached hydrogens (tertiary/aromatic N) is 5. The third-order valence-corrected chi connectivity index (χ3v) is 8.80. The number of imide groups is 2. The van der Waals surface area contributed by atoms with Gasteiger partial charge in [0.25, 0.3) is 11.8 Å². The van der Waals surface area contributed by atoms with E-state index >= 15 is 0 Å². The Balaban J connectivity index is 0.971. The van der Waals surface area contributed by atoms with Gasteiger partial charge in [-0.05, 0) is 62.4 Å². The average molecular weight is 571 g/mol. The van der Waals surface area contributed by atoms with Crippen molar-refractivity contribution in [2.75, 3.05) is 0 Å². The molecule has 1 saturated heterocycles. The van der Waals surface area contributed by atoms with Crippen molar-refractivity contribution in [3.63, 3.8) is 0 Å². The molecule has 1 atom stereocenters. The van der Waals surface area contributed by atoms with Crippen LogP contribution in [0.5, 0.6) is 0 Å².